The molecular formula is C29H31NO. The number of benzene rings is 3. The lowest BCUT2D eigenvalue weighted by Crippen LogP contribution is -2.13. The van der Waals surface area contributed by atoms with Crippen LogP contribution in [-0.2, 0) is 12.8 Å². The Bertz CT molecular complexity index is 1420. The predicted octanol–water partition coefficient (Wildman–Crippen LogP) is 8.34. The molecule has 1 aliphatic heterocycles. The van der Waals surface area contributed by atoms with E-state index in [-0.39, 0.29) is 23.0 Å². The highest BCUT2D eigenvalue weighted by Gasteiger charge is 2.28. The molecule has 0 aliphatic carbocycles. The molecule has 5 rings (SSSR count). The Labute approximate surface area is 188 Å². The van der Waals surface area contributed by atoms with Crippen LogP contribution in [0.2, 0.25) is 0 Å². The van der Waals surface area contributed by atoms with Gasteiger partial charge >= 0.3 is 0 Å². The lowest BCUT2D eigenvalue weighted by Gasteiger charge is -2.28. The van der Waals surface area contributed by atoms with E-state index in [1.807, 2.05) is 0 Å². The number of nitrogens with zero attached hydrogens (tertiary/aromatic N) is 1. The van der Waals surface area contributed by atoms with Crippen LogP contribution in [0.4, 0.5) is 0 Å². The van der Waals surface area contributed by atoms with Gasteiger partial charge in [-0.2, -0.15) is 0 Å². The van der Waals surface area contributed by atoms with Gasteiger partial charge in [0.25, 0.3) is 0 Å². The van der Waals surface area contributed by atoms with Gasteiger partial charge in [0.15, 0.2) is 0 Å². The van der Waals surface area contributed by atoms with E-state index in [0.717, 1.165) is 57.3 Å². The van der Waals surface area contributed by atoms with Gasteiger partial charge in [-0.05, 0) is 63.6 Å². The molecule has 0 saturated carbocycles. The van der Waals surface area contributed by atoms with Gasteiger partial charge in [-0.1, -0.05) is 71.9 Å². The summed E-state index contributed by atoms with van der Waals surface area (Å²) >= 11 is 0. The Morgan fingerprint density at radius 2 is 1.65 bits per heavy atom. The first kappa shape index (κ1) is 17.8. The van der Waals surface area contributed by atoms with E-state index in [9.17, 15) is 0 Å². The smallest absolute Gasteiger partial charge is 0.140 e. The van der Waals surface area contributed by atoms with Crippen molar-refractivity contribution in [1.29, 1.82) is 0 Å². The molecule has 0 spiro atoms. The normalized spacial score (nSPS) is 14.3. The van der Waals surface area contributed by atoms with Gasteiger partial charge < -0.3 is 4.74 Å². The molecular weight excluding hydrogens is 378 g/mol. The Balaban J connectivity index is 1.86. The second kappa shape index (κ2) is 6.82. The van der Waals surface area contributed by atoms with Crippen molar-refractivity contribution in [2.24, 2.45) is 10.8 Å². The van der Waals surface area contributed by atoms with E-state index < -0.39 is 0 Å². The zero-order chi connectivity index (χ0) is 23.7. The quantitative estimate of drug-likeness (QED) is 0.291. The Morgan fingerprint density at radius 3 is 2.39 bits per heavy atom. The van der Waals surface area contributed by atoms with Crippen molar-refractivity contribution in [2.45, 2.75) is 54.4 Å². The molecule has 0 unspecified atom stereocenters. The van der Waals surface area contributed by atoms with Crippen LogP contribution >= 0.6 is 0 Å². The van der Waals surface area contributed by atoms with E-state index in [1.165, 1.54) is 10.9 Å². The van der Waals surface area contributed by atoms with Crippen LogP contribution in [0.25, 0.3) is 32.8 Å². The number of aromatic nitrogens is 1. The number of hydrogen-bond acceptors (Lipinski definition) is 2. The summed E-state index contributed by atoms with van der Waals surface area (Å²) in [5, 5.41) is 3.93. The predicted molar refractivity (Wildman–Crippen MR) is 131 cm³/mol. The highest BCUT2D eigenvalue weighted by atomic mass is 16.5. The number of hydrogen-bond donors (Lipinski definition) is 0. The van der Waals surface area contributed by atoms with Gasteiger partial charge in [0.2, 0.25) is 0 Å². The van der Waals surface area contributed by atoms with E-state index in [1.54, 1.807) is 0 Å². The van der Waals surface area contributed by atoms with Crippen molar-refractivity contribution in [3.8, 4) is 22.8 Å². The third-order valence-corrected chi connectivity index (χ3v) is 5.77. The number of pyridine rings is 1. The molecule has 2 heteroatoms. The van der Waals surface area contributed by atoms with Gasteiger partial charge in [-0.15, -0.1) is 0 Å². The summed E-state index contributed by atoms with van der Waals surface area (Å²) in [5.41, 5.74) is 4.15. The molecule has 0 bridgehead atoms. The second-order valence-corrected chi connectivity index (χ2v) is 11.2. The van der Waals surface area contributed by atoms with Gasteiger partial charge in [0.1, 0.15) is 11.5 Å². The fourth-order valence-electron chi connectivity index (χ4n) is 4.72. The molecule has 3 aromatic carbocycles. The van der Waals surface area contributed by atoms with Gasteiger partial charge in [0, 0.05) is 17.3 Å². The fourth-order valence-corrected chi connectivity index (χ4v) is 4.72. The van der Waals surface area contributed by atoms with Gasteiger partial charge in [-0.3, -0.25) is 4.98 Å². The molecule has 0 atom stereocenters. The van der Waals surface area contributed by atoms with Crippen LogP contribution in [0.1, 0.15) is 55.4 Å². The first-order valence-corrected chi connectivity index (χ1v) is 11.1. The van der Waals surface area contributed by atoms with E-state index in [2.05, 4.69) is 89.0 Å². The van der Waals surface area contributed by atoms with Crippen LogP contribution < -0.4 is 4.74 Å². The minimum Gasteiger partial charge on any atom is -0.456 e. The number of ether oxygens (including phenoxy) is 1. The first-order chi connectivity index (χ1) is 15.4. The van der Waals surface area contributed by atoms with Crippen molar-refractivity contribution >= 4 is 21.5 Å². The van der Waals surface area contributed by atoms with Crippen LogP contribution in [0.5, 0.6) is 11.5 Å². The highest BCUT2D eigenvalue weighted by molar-refractivity contribution is 6.06. The summed E-state index contributed by atoms with van der Waals surface area (Å²) in [5.74, 6) is 1.59. The molecule has 0 N–H and O–H groups in total. The molecule has 1 aliphatic rings. The third kappa shape index (κ3) is 3.69. The topological polar surface area (TPSA) is 22.1 Å². The third-order valence-electron chi connectivity index (χ3n) is 5.77. The summed E-state index contributed by atoms with van der Waals surface area (Å²) in [6, 6.07) is 14.9. The molecule has 4 aromatic rings. The van der Waals surface area contributed by atoms with Gasteiger partial charge in [0.05, 0.1) is 13.8 Å². The largest absolute Gasteiger partial charge is 0.456 e. The summed E-state index contributed by atoms with van der Waals surface area (Å²) in [6.07, 6.45) is 1.74. The summed E-state index contributed by atoms with van der Waals surface area (Å²) < 4.78 is 23.7. The van der Waals surface area contributed by atoms with Crippen LogP contribution in [0, 0.1) is 10.8 Å². The summed E-state index contributed by atoms with van der Waals surface area (Å²) in [7, 11) is 0. The average Bonchev–Trinajstić information content (AvgIpc) is 2.70. The monoisotopic (exact) mass is 411 g/mol. The minimum absolute atomic E-state index is 0.00902. The van der Waals surface area contributed by atoms with Gasteiger partial charge in [-0.25, -0.2) is 0 Å². The van der Waals surface area contributed by atoms with Crippen molar-refractivity contribution in [3.63, 3.8) is 0 Å². The van der Waals surface area contributed by atoms with Crippen LogP contribution in [0.15, 0.2) is 54.7 Å². The molecule has 0 saturated heterocycles. The van der Waals surface area contributed by atoms with E-state index in [4.69, 9.17) is 7.48 Å². The summed E-state index contributed by atoms with van der Waals surface area (Å²) in [6.45, 7) is 13.4. The van der Waals surface area contributed by atoms with Crippen LogP contribution in [0.3, 0.4) is 0 Å². The minimum atomic E-state index is 0.00902. The van der Waals surface area contributed by atoms with Crippen molar-refractivity contribution < 1.29 is 7.48 Å². The number of fused-ring (bicyclic) bond motifs is 3. The Hall–Kier alpha value is -2.87. The molecule has 158 valence electrons. The molecule has 1 aromatic heterocycles. The lowest BCUT2D eigenvalue weighted by molar-refractivity contribution is 0.398. The molecule has 0 radical (unpaired) electrons. The molecule has 0 amide bonds. The maximum atomic E-state index is 8.58. The number of rotatable bonds is 2. The average molecular weight is 412 g/mol. The molecule has 31 heavy (non-hydrogen) atoms. The first-order valence-electron chi connectivity index (χ1n) is 12.1. The van der Waals surface area contributed by atoms with Crippen molar-refractivity contribution in [2.75, 3.05) is 0 Å². The van der Waals surface area contributed by atoms with Crippen molar-refractivity contribution in [1.82, 2.24) is 4.98 Å². The zero-order valence-corrected chi connectivity index (χ0v) is 19.3. The van der Waals surface area contributed by atoms with E-state index in [0.29, 0.717) is 0 Å². The standard InChI is InChI=1S/C29H31NO/c1-28(2,3)16-18-13-20-11-12-30-26-22-15-19-9-7-8-10-21(19)23(17-29(4,5)6)27(22)31-24(14-18)25(20)26/h7-15H,16-17H2,1-6H3/i11D,12D. The Morgan fingerprint density at radius 1 is 0.903 bits per heavy atom. The van der Waals surface area contributed by atoms with Crippen molar-refractivity contribution in [3.05, 3.63) is 65.8 Å². The van der Waals surface area contributed by atoms with E-state index >= 15 is 0 Å². The zero-order valence-electron chi connectivity index (χ0n) is 21.3. The highest BCUT2D eigenvalue weighted by Crippen LogP contribution is 2.50. The fraction of sp³-hybridized carbons (Fsp3) is 0.345. The molecule has 0 fully saturated rings. The maximum Gasteiger partial charge on any atom is 0.140 e. The molecule has 2 heterocycles. The second-order valence-electron chi connectivity index (χ2n) is 11.2. The summed E-state index contributed by atoms with van der Waals surface area (Å²) in [4.78, 5) is 4.62. The SMILES string of the molecule is [2H]c1nc2c3c(cc(CC(C)(C)C)cc3c1[2H])Oc1c-2cc2ccccc2c1CC(C)(C)C. The lowest BCUT2D eigenvalue weighted by atomic mass is 9.83. The Kier molecular flexibility index (Phi) is 3.91. The molecule has 2 nitrogen and oxygen atoms in total. The maximum absolute atomic E-state index is 8.58. The van der Waals surface area contributed by atoms with Crippen LogP contribution in [-0.4, -0.2) is 4.98 Å².